The topological polar surface area (TPSA) is 61.4 Å². The number of amides is 1. The molecule has 1 aliphatic rings. The van der Waals surface area contributed by atoms with Gasteiger partial charge in [0.2, 0.25) is 5.91 Å². The second kappa shape index (κ2) is 9.44. The fourth-order valence-corrected chi connectivity index (χ4v) is 3.56. The Morgan fingerprint density at radius 2 is 2.17 bits per heavy atom. The number of likely N-dealkylation sites (tertiary alicyclic amines) is 1. The maximum atomic E-state index is 11.7. The van der Waals surface area contributed by atoms with E-state index in [2.05, 4.69) is 39.2 Å². The van der Waals surface area contributed by atoms with Crippen LogP contribution in [0, 0.1) is 0 Å². The Kier molecular flexibility index (Phi) is 7.58. The first-order valence-electron chi connectivity index (χ1n) is 8.35. The number of carbonyl (C=O) groups is 1. The summed E-state index contributed by atoms with van der Waals surface area (Å²) in [6, 6.07) is 2.25. The van der Waals surface area contributed by atoms with Crippen LogP contribution in [0.1, 0.15) is 26.2 Å². The predicted molar refractivity (Wildman–Crippen MR) is 100.0 cm³/mol. The van der Waals surface area contributed by atoms with E-state index in [0.717, 1.165) is 38.2 Å². The van der Waals surface area contributed by atoms with Gasteiger partial charge in [-0.2, -0.15) is 0 Å². The van der Waals surface area contributed by atoms with Crippen LogP contribution < -0.4 is 10.2 Å². The van der Waals surface area contributed by atoms with Crippen molar-refractivity contribution >= 4 is 35.1 Å². The van der Waals surface area contributed by atoms with Gasteiger partial charge in [0.25, 0.3) is 0 Å². The second-order valence-electron chi connectivity index (χ2n) is 6.12. The molecule has 6 nitrogen and oxygen atoms in total. The minimum absolute atomic E-state index is 0.00403. The van der Waals surface area contributed by atoms with Crippen LogP contribution in [0.5, 0.6) is 0 Å². The minimum atomic E-state index is -0.00403. The van der Waals surface area contributed by atoms with Gasteiger partial charge in [-0.25, -0.2) is 9.97 Å². The summed E-state index contributed by atoms with van der Waals surface area (Å²) in [5.41, 5.74) is 0. The molecule has 1 N–H and O–H groups in total. The molecule has 2 rings (SSSR count). The Hall–Kier alpha value is -1.05. The number of halogens is 1. The first-order valence-corrected chi connectivity index (χ1v) is 9.71. The molecule has 0 aliphatic carbocycles. The lowest BCUT2D eigenvalue weighted by atomic mass is 10.0. The van der Waals surface area contributed by atoms with E-state index in [9.17, 15) is 4.79 Å². The van der Waals surface area contributed by atoms with Gasteiger partial charge in [-0.3, -0.25) is 4.79 Å². The summed E-state index contributed by atoms with van der Waals surface area (Å²) in [5, 5.41) is 3.81. The highest BCUT2D eigenvalue weighted by molar-refractivity contribution is 7.99. The highest BCUT2D eigenvalue weighted by Crippen LogP contribution is 2.25. The van der Waals surface area contributed by atoms with Crippen molar-refractivity contribution in [1.82, 2.24) is 20.2 Å². The Morgan fingerprint density at radius 3 is 2.83 bits per heavy atom. The number of piperidine rings is 1. The monoisotopic (exact) mass is 371 g/mol. The van der Waals surface area contributed by atoms with E-state index in [1.807, 2.05) is 6.92 Å². The van der Waals surface area contributed by atoms with Crippen LogP contribution in [0.15, 0.2) is 11.2 Å². The molecule has 0 radical (unpaired) electrons. The summed E-state index contributed by atoms with van der Waals surface area (Å²) < 4.78 is 0. The molecule has 134 valence electrons. The van der Waals surface area contributed by atoms with E-state index in [-0.39, 0.29) is 5.91 Å². The van der Waals surface area contributed by atoms with Gasteiger partial charge < -0.3 is 15.1 Å². The Labute approximate surface area is 153 Å². The van der Waals surface area contributed by atoms with Gasteiger partial charge >= 0.3 is 0 Å². The van der Waals surface area contributed by atoms with Crippen molar-refractivity contribution in [3.8, 4) is 0 Å². The lowest BCUT2D eigenvalue weighted by Gasteiger charge is -2.35. The highest BCUT2D eigenvalue weighted by Gasteiger charge is 2.22. The van der Waals surface area contributed by atoms with Crippen molar-refractivity contribution in [2.75, 3.05) is 44.4 Å². The first kappa shape index (κ1) is 19.3. The summed E-state index contributed by atoms with van der Waals surface area (Å²) in [5.74, 6) is 1.12. The molecule has 1 fully saturated rings. The van der Waals surface area contributed by atoms with Gasteiger partial charge in [0.05, 0.1) is 5.75 Å². The molecule has 2 heterocycles. The van der Waals surface area contributed by atoms with Gasteiger partial charge in [0, 0.05) is 25.7 Å². The van der Waals surface area contributed by atoms with Crippen LogP contribution in [-0.2, 0) is 4.79 Å². The van der Waals surface area contributed by atoms with Crippen molar-refractivity contribution in [1.29, 1.82) is 0 Å². The zero-order valence-corrected chi connectivity index (χ0v) is 16.2. The number of hydrogen-bond acceptors (Lipinski definition) is 6. The van der Waals surface area contributed by atoms with Crippen molar-refractivity contribution in [2.24, 2.45) is 0 Å². The molecule has 1 aromatic heterocycles. The third-order valence-corrected chi connectivity index (χ3v) is 5.20. The Bertz CT molecular complexity index is 551. The SMILES string of the molecule is CCCNC(=O)CSc1nc(Cl)cc(N(C)C2CCN(C)CC2)n1. The molecule has 0 saturated carbocycles. The number of nitrogens with one attached hydrogen (secondary N) is 1. The molecule has 0 unspecified atom stereocenters. The molecule has 0 atom stereocenters. The number of anilines is 1. The number of aromatic nitrogens is 2. The van der Waals surface area contributed by atoms with Crippen LogP contribution in [0.4, 0.5) is 5.82 Å². The third kappa shape index (κ3) is 5.79. The van der Waals surface area contributed by atoms with Gasteiger partial charge in [-0.05, 0) is 39.4 Å². The largest absolute Gasteiger partial charge is 0.356 e. The summed E-state index contributed by atoms with van der Waals surface area (Å²) >= 11 is 7.47. The van der Waals surface area contributed by atoms with Crippen molar-refractivity contribution in [3.05, 3.63) is 11.2 Å². The quantitative estimate of drug-likeness (QED) is 0.450. The van der Waals surface area contributed by atoms with Crippen LogP contribution in [0.2, 0.25) is 5.15 Å². The zero-order valence-electron chi connectivity index (χ0n) is 14.6. The molecule has 0 aromatic carbocycles. The maximum absolute atomic E-state index is 11.7. The number of carbonyl (C=O) groups excluding carboxylic acids is 1. The van der Waals surface area contributed by atoms with E-state index in [1.54, 1.807) is 6.07 Å². The first-order chi connectivity index (χ1) is 11.5. The number of rotatable bonds is 7. The van der Waals surface area contributed by atoms with Gasteiger partial charge in [0.15, 0.2) is 5.16 Å². The van der Waals surface area contributed by atoms with Crippen LogP contribution in [0.3, 0.4) is 0 Å². The number of nitrogens with zero attached hydrogens (tertiary/aromatic N) is 4. The van der Waals surface area contributed by atoms with Crippen molar-refractivity contribution in [3.63, 3.8) is 0 Å². The molecular formula is C16H26ClN5OS. The molecule has 0 spiro atoms. The van der Waals surface area contributed by atoms with E-state index in [0.29, 0.717) is 28.6 Å². The van der Waals surface area contributed by atoms with Crippen LogP contribution >= 0.6 is 23.4 Å². The standard InChI is InChI=1S/C16H26ClN5OS/c1-4-7-18-15(23)11-24-16-19-13(17)10-14(20-16)22(3)12-5-8-21(2)9-6-12/h10,12H,4-9,11H2,1-3H3,(H,18,23). The molecule has 0 bridgehead atoms. The summed E-state index contributed by atoms with van der Waals surface area (Å²) in [7, 11) is 4.20. The molecule has 8 heteroatoms. The van der Waals surface area contributed by atoms with Gasteiger partial charge in [0.1, 0.15) is 11.0 Å². The molecule has 1 saturated heterocycles. The van der Waals surface area contributed by atoms with E-state index in [1.165, 1.54) is 11.8 Å². The number of hydrogen-bond donors (Lipinski definition) is 1. The molecular weight excluding hydrogens is 346 g/mol. The minimum Gasteiger partial charge on any atom is -0.356 e. The van der Waals surface area contributed by atoms with Crippen LogP contribution in [-0.4, -0.2) is 66.3 Å². The highest BCUT2D eigenvalue weighted by atomic mass is 35.5. The molecule has 1 aliphatic heterocycles. The smallest absolute Gasteiger partial charge is 0.230 e. The lowest BCUT2D eigenvalue weighted by Crippen LogP contribution is -2.42. The average Bonchev–Trinajstić information content (AvgIpc) is 2.57. The van der Waals surface area contributed by atoms with Crippen molar-refractivity contribution < 1.29 is 4.79 Å². The van der Waals surface area contributed by atoms with Crippen molar-refractivity contribution in [2.45, 2.75) is 37.4 Å². The second-order valence-corrected chi connectivity index (χ2v) is 7.45. The third-order valence-electron chi connectivity index (χ3n) is 4.16. The van der Waals surface area contributed by atoms with E-state index >= 15 is 0 Å². The Morgan fingerprint density at radius 1 is 1.46 bits per heavy atom. The van der Waals surface area contributed by atoms with Crippen LogP contribution in [0.25, 0.3) is 0 Å². The molecule has 1 amide bonds. The Balaban J connectivity index is 1.98. The zero-order chi connectivity index (χ0) is 17.5. The number of thioether (sulfide) groups is 1. The molecule has 1 aromatic rings. The van der Waals surface area contributed by atoms with E-state index < -0.39 is 0 Å². The average molecular weight is 372 g/mol. The predicted octanol–water partition coefficient (Wildman–Crippen LogP) is 2.28. The fourth-order valence-electron chi connectivity index (χ4n) is 2.65. The molecule has 24 heavy (non-hydrogen) atoms. The lowest BCUT2D eigenvalue weighted by molar-refractivity contribution is -0.118. The summed E-state index contributed by atoms with van der Waals surface area (Å²) in [4.78, 5) is 25.1. The van der Waals surface area contributed by atoms with E-state index in [4.69, 9.17) is 11.6 Å². The van der Waals surface area contributed by atoms with Gasteiger partial charge in [-0.15, -0.1) is 0 Å². The summed E-state index contributed by atoms with van der Waals surface area (Å²) in [6.07, 6.45) is 3.14. The van der Waals surface area contributed by atoms with Gasteiger partial charge in [-0.1, -0.05) is 30.3 Å². The summed E-state index contributed by atoms with van der Waals surface area (Å²) in [6.45, 7) is 4.90. The fraction of sp³-hybridized carbons (Fsp3) is 0.688. The maximum Gasteiger partial charge on any atom is 0.230 e. The normalized spacial score (nSPS) is 16.2.